The van der Waals surface area contributed by atoms with Gasteiger partial charge in [-0.15, -0.1) is 5.10 Å². The van der Waals surface area contributed by atoms with Crippen molar-refractivity contribution in [3.63, 3.8) is 0 Å². The molecule has 11 heteroatoms. The number of aliphatic hydroxyl groups is 3. The summed E-state index contributed by atoms with van der Waals surface area (Å²) < 4.78 is 9.66. The number of carbonyl (C=O) groups excluding carboxylic acids is 1. The van der Waals surface area contributed by atoms with Gasteiger partial charge in [-0.3, -0.25) is 9.36 Å². The van der Waals surface area contributed by atoms with Gasteiger partial charge in [0.1, 0.15) is 24.4 Å². The molecule has 2 fully saturated rings. The molecule has 0 radical (unpaired) electrons. The minimum Gasteiger partial charge on any atom is -0.394 e. The number of rotatable bonds is 5. The maximum absolute atomic E-state index is 11.8. The molecule has 4 N–H and O–H groups in total. The minimum absolute atomic E-state index is 0.134. The van der Waals surface area contributed by atoms with Crippen LogP contribution in [0.25, 0.3) is 11.4 Å². The summed E-state index contributed by atoms with van der Waals surface area (Å²) in [7, 11) is 0. The lowest BCUT2D eigenvalue weighted by Crippen LogP contribution is -2.62. The van der Waals surface area contributed by atoms with Gasteiger partial charge in [-0.05, 0) is 37.2 Å². The number of nitrogens with zero attached hydrogens (tertiary/aromatic N) is 3. The van der Waals surface area contributed by atoms with Crippen molar-refractivity contribution in [2.75, 3.05) is 6.61 Å². The molecular weight excluding hydrogens is 456 g/mol. The molecule has 2 aliphatic rings. The summed E-state index contributed by atoms with van der Waals surface area (Å²) in [6.07, 6.45) is -0.846. The maximum Gasteiger partial charge on any atom is 0.217 e. The van der Waals surface area contributed by atoms with E-state index in [1.54, 1.807) is 6.07 Å². The Kier molecular flexibility index (Phi) is 6.99. The monoisotopic (exact) mass is 482 g/mol. The quantitative estimate of drug-likeness (QED) is 0.480. The molecule has 9 nitrogen and oxygen atoms in total. The second-order valence-corrected chi connectivity index (χ2v) is 9.07. The molecule has 174 valence electrons. The molecule has 1 aromatic carbocycles. The van der Waals surface area contributed by atoms with Crippen LogP contribution in [-0.2, 0) is 9.53 Å². The largest absolute Gasteiger partial charge is 0.394 e. The number of halogens is 1. The third-order valence-corrected chi connectivity index (χ3v) is 6.86. The van der Waals surface area contributed by atoms with Crippen LogP contribution in [0.4, 0.5) is 0 Å². The smallest absolute Gasteiger partial charge is 0.217 e. The highest BCUT2D eigenvalue weighted by Crippen LogP contribution is 2.37. The molecule has 1 saturated heterocycles. The van der Waals surface area contributed by atoms with Gasteiger partial charge in [0.15, 0.2) is 12.1 Å². The van der Waals surface area contributed by atoms with E-state index in [4.69, 9.17) is 33.7 Å². The number of aliphatic hydroxyl groups excluding tert-OH is 3. The standard InChI is InChI=1S/C21H27ClN4O5S/c1-11(28)23-16-18(30)17(29)15(10-27)31-20(16)26-21(32)25(12-6-2-3-7-12)19(24-26)13-8-4-5-9-14(13)22/h4-5,8-9,12,15-18,20,27,29-30H,2-3,6-7,10H2,1H3,(H,23,28)/t15-,16-,17-,18-,20-/m1/s1. The Morgan fingerprint density at radius 3 is 2.59 bits per heavy atom. The van der Waals surface area contributed by atoms with Gasteiger partial charge in [-0.25, -0.2) is 4.68 Å². The summed E-state index contributed by atoms with van der Waals surface area (Å²) in [6.45, 7) is 0.787. The van der Waals surface area contributed by atoms with E-state index >= 15 is 0 Å². The van der Waals surface area contributed by atoms with Crippen LogP contribution < -0.4 is 5.32 Å². The lowest BCUT2D eigenvalue weighted by Gasteiger charge is -2.42. The van der Waals surface area contributed by atoms with Gasteiger partial charge >= 0.3 is 0 Å². The Morgan fingerprint density at radius 2 is 1.97 bits per heavy atom. The summed E-state index contributed by atoms with van der Waals surface area (Å²) in [6, 6.07) is 6.44. The van der Waals surface area contributed by atoms with E-state index in [1.807, 2.05) is 22.8 Å². The van der Waals surface area contributed by atoms with Crippen LogP contribution in [0.2, 0.25) is 5.02 Å². The van der Waals surface area contributed by atoms with E-state index in [0.29, 0.717) is 21.2 Å². The van der Waals surface area contributed by atoms with Crippen molar-refractivity contribution in [2.24, 2.45) is 0 Å². The SMILES string of the molecule is CC(=O)N[C@@H]1[C@@H](O)[C@H](O)[C@@H](CO)O[C@H]1n1nc(-c2ccccc2Cl)n(C2CCCC2)c1=S. The Bertz CT molecular complexity index is 1040. The summed E-state index contributed by atoms with van der Waals surface area (Å²) in [5, 5.41) is 38.6. The summed E-state index contributed by atoms with van der Waals surface area (Å²) in [4.78, 5) is 11.8. The fourth-order valence-electron chi connectivity index (χ4n) is 4.57. The third-order valence-electron chi connectivity index (χ3n) is 6.15. The lowest BCUT2D eigenvalue weighted by molar-refractivity contribution is -0.219. The molecule has 2 heterocycles. The molecule has 1 aliphatic heterocycles. The van der Waals surface area contributed by atoms with Crippen LogP contribution in [0.1, 0.15) is 44.9 Å². The van der Waals surface area contributed by atoms with Gasteiger partial charge < -0.3 is 25.4 Å². The highest BCUT2D eigenvalue weighted by atomic mass is 35.5. The Labute approximate surface area is 195 Å². The van der Waals surface area contributed by atoms with Crippen LogP contribution in [-0.4, -0.2) is 66.5 Å². The highest BCUT2D eigenvalue weighted by molar-refractivity contribution is 7.71. The van der Waals surface area contributed by atoms with Crippen LogP contribution in [0.15, 0.2) is 24.3 Å². The number of ether oxygens (including phenoxy) is 1. The molecule has 1 amide bonds. The van der Waals surface area contributed by atoms with Crippen molar-refractivity contribution in [3.8, 4) is 11.4 Å². The van der Waals surface area contributed by atoms with Crippen molar-refractivity contribution in [1.82, 2.24) is 19.7 Å². The van der Waals surface area contributed by atoms with Gasteiger partial charge in [-0.1, -0.05) is 36.6 Å². The normalized spacial score (nSPS) is 28.7. The zero-order valence-corrected chi connectivity index (χ0v) is 19.2. The molecule has 4 rings (SSSR count). The molecule has 0 spiro atoms. The lowest BCUT2D eigenvalue weighted by atomic mass is 9.96. The molecule has 2 aromatic rings. The fraction of sp³-hybridized carbons (Fsp3) is 0.571. The number of nitrogens with one attached hydrogen (secondary N) is 1. The van der Waals surface area contributed by atoms with Gasteiger partial charge in [0.25, 0.3) is 0 Å². The Hall–Kier alpha value is -1.82. The summed E-state index contributed by atoms with van der Waals surface area (Å²) in [5.74, 6) is 0.157. The molecule has 5 atom stereocenters. The topological polar surface area (TPSA) is 122 Å². The number of carbonyl (C=O) groups is 1. The number of amides is 1. The average molecular weight is 483 g/mol. The van der Waals surface area contributed by atoms with Crippen molar-refractivity contribution >= 4 is 29.7 Å². The third kappa shape index (κ3) is 4.23. The zero-order valence-electron chi connectivity index (χ0n) is 17.6. The van der Waals surface area contributed by atoms with E-state index in [0.717, 1.165) is 25.7 Å². The predicted molar refractivity (Wildman–Crippen MR) is 120 cm³/mol. The van der Waals surface area contributed by atoms with Crippen LogP contribution >= 0.6 is 23.8 Å². The number of benzene rings is 1. The van der Waals surface area contributed by atoms with Gasteiger partial charge in [0.05, 0.1) is 11.6 Å². The number of hydrogen-bond donors (Lipinski definition) is 4. The fourth-order valence-corrected chi connectivity index (χ4v) is 5.18. The van der Waals surface area contributed by atoms with Crippen molar-refractivity contribution in [2.45, 2.75) is 69.2 Å². The van der Waals surface area contributed by atoms with E-state index in [1.165, 1.54) is 11.6 Å². The molecule has 0 unspecified atom stereocenters. The van der Waals surface area contributed by atoms with Gasteiger partial charge in [0.2, 0.25) is 10.7 Å². The predicted octanol–water partition coefficient (Wildman–Crippen LogP) is 1.97. The Morgan fingerprint density at radius 1 is 1.28 bits per heavy atom. The first-order valence-corrected chi connectivity index (χ1v) is 11.5. The summed E-state index contributed by atoms with van der Waals surface area (Å²) in [5.41, 5.74) is 0.706. The molecule has 1 saturated carbocycles. The van der Waals surface area contributed by atoms with Crippen molar-refractivity contribution < 1.29 is 24.9 Å². The van der Waals surface area contributed by atoms with Gasteiger partial charge in [0, 0.05) is 18.5 Å². The van der Waals surface area contributed by atoms with Crippen LogP contribution in [0.3, 0.4) is 0 Å². The van der Waals surface area contributed by atoms with Gasteiger partial charge in [-0.2, -0.15) is 0 Å². The Balaban J connectivity index is 1.86. The molecule has 32 heavy (non-hydrogen) atoms. The first-order valence-electron chi connectivity index (χ1n) is 10.7. The minimum atomic E-state index is -1.39. The first kappa shape index (κ1) is 23.3. The van der Waals surface area contributed by atoms with Crippen LogP contribution in [0, 0.1) is 4.77 Å². The average Bonchev–Trinajstić information content (AvgIpc) is 3.40. The molecule has 1 aromatic heterocycles. The first-order chi connectivity index (χ1) is 15.3. The number of hydrogen-bond acceptors (Lipinski definition) is 7. The second kappa shape index (κ2) is 9.58. The van der Waals surface area contributed by atoms with Crippen LogP contribution in [0.5, 0.6) is 0 Å². The van der Waals surface area contributed by atoms with Crippen molar-refractivity contribution in [1.29, 1.82) is 0 Å². The number of aromatic nitrogens is 3. The zero-order chi connectivity index (χ0) is 23.0. The summed E-state index contributed by atoms with van der Waals surface area (Å²) >= 11 is 12.3. The maximum atomic E-state index is 11.8. The molecule has 0 bridgehead atoms. The van der Waals surface area contributed by atoms with E-state index < -0.39 is 43.1 Å². The van der Waals surface area contributed by atoms with E-state index in [9.17, 15) is 20.1 Å². The molecular formula is C21H27ClN4O5S. The van der Waals surface area contributed by atoms with Crippen molar-refractivity contribution in [3.05, 3.63) is 34.1 Å². The highest BCUT2D eigenvalue weighted by Gasteiger charge is 2.46. The molecule has 1 aliphatic carbocycles. The van der Waals surface area contributed by atoms with E-state index in [-0.39, 0.29) is 6.04 Å². The second-order valence-electron chi connectivity index (χ2n) is 8.29. The van der Waals surface area contributed by atoms with E-state index in [2.05, 4.69) is 5.32 Å².